The van der Waals surface area contributed by atoms with E-state index in [-0.39, 0.29) is 94.6 Å². The number of rotatable bonds is 5. The Balaban J connectivity index is -0.000000135. The maximum absolute atomic E-state index is 10.2. The Morgan fingerprint density at radius 3 is 2.23 bits per heavy atom. The average molecular weight is 218 g/mol. The van der Waals surface area contributed by atoms with Crippen LogP contribution in [-0.2, 0) is 9.53 Å². The molecule has 4 nitrogen and oxygen atoms in total. The molecule has 0 unspecified atom stereocenters. The van der Waals surface area contributed by atoms with Gasteiger partial charge in [-0.25, -0.2) is 0 Å². The standard InChI is InChI=1S/C6H14N2O2.3Na.3H/c1-6(9)10-5-4-8-3-2-7;;;;;;/h8H,2-5,7H2,1H3;;;;;;. The van der Waals surface area contributed by atoms with Crippen LogP contribution in [0.2, 0.25) is 0 Å². The number of nitrogens with two attached hydrogens (primary N) is 1. The molecule has 0 radical (unpaired) electrons. The van der Waals surface area contributed by atoms with Gasteiger partial charge in [-0.05, 0) is 0 Å². The van der Waals surface area contributed by atoms with Crippen molar-refractivity contribution in [1.29, 1.82) is 0 Å². The van der Waals surface area contributed by atoms with E-state index in [1.54, 1.807) is 0 Å². The molecule has 0 aliphatic carbocycles. The Kier molecular flexibility index (Phi) is 37.6. The van der Waals surface area contributed by atoms with E-state index in [4.69, 9.17) is 5.73 Å². The number of carbonyl (C=O) groups excluding carboxylic acids is 1. The molecule has 0 fully saturated rings. The molecule has 0 amide bonds. The molecule has 0 bridgehead atoms. The summed E-state index contributed by atoms with van der Waals surface area (Å²) in [5.74, 6) is -0.241. The van der Waals surface area contributed by atoms with Gasteiger partial charge in [0.2, 0.25) is 0 Å². The molecule has 0 aromatic heterocycles. The van der Waals surface area contributed by atoms with Crippen molar-refractivity contribution in [3.8, 4) is 0 Å². The SMILES string of the molecule is CC(=O)OCCNCCN.[NaH].[NaH].[NaH]. The van der Waals surface area contributed by atoms with Gasteiger partial charge in [-0.3, -0.25) is 4.79 Å². The minimum absolute atomic E-state index is 0. The third kappa shape index (κ3) is 25.1. The van der Waals surface area contributed by atoms with Crippen molar-refractivity contribution in [2.75, 3.05) is 26.2 Å². The van der Waals surface area contributed by atoms with Gasteiger partial charge < -0.3 is 15.8 Å². The molecule has 0 aromatic rings. The Labute approximate surface area is 146 Å². The molecule has 7 heteroatoms. The number of nitrogens with one attached hydrogen (secondary N) is 1. The van der Waals surface area contributed by atoms with Crippen LogP contribution in [0.3, 0.4) is 0 Å². The molecule has 66 valence electrons. The van der Waals surface area contributed by atoms with Crippen molar-refractivity contribution in [1.82, 2.24) is 5.32 Å². The van der Waals surface area contributed by atoms with Crippen molar-refractivity contribution < 1.29 is 9.53 Å². The Hall–Kier alpha value is 2.39. The fourth-order valence-corrected chi connectivity index (χ4v) is 0.494. The third-order valence-electron chi connectivity index (χ3n) is 0.905. The van der Waals surface area contributed by atoms with E-state index in [1.807, 2.05) is 0 Å². The molecule has 0 rings (SSSR count). The molecular weight excluding hydrogens is 201 g/mol. The van der Waals surface area contributed by atoms with Crippen LogP contribution in [0.1, 0.15) is 6.92 Å². The van der Waals surface area contributed by atoms with E-state index in [0.717, 1.165) is 6.54 Å². The number of carbonyl (C=O) groups is 1. The molecule has 0 saturated carbocycles. The van der Waals surface area contributed by atoms with Crippen molar-refractivity contribution in [3.63, 3.8) is 0 Å². The van der Waals surface area contributed by atoms with Crippen LogP contribution in [0, 0.1) is 0 Å². The first kappa shape index (κ1) is 24.6. The molecule has 0 aliphatic heterocycles. The first-order valence-corrected chi connectivity index (χ1v) is 3.31. The molecule has 0 spiro atoms. The predicted octanol–water partition coefficient (Wildman–Crippen LogP) is -2.85. The molecule has 0 aliphatic rings. The second-order valence-electron chi connectivity index (χ2n) is 1.88. The molecule has 0 saturated heterocycles. The normalized spacial score (nSPS) is 7.23. The summed E-state index contributed by atoms with van der Waals surface area (Å²) in [6.45, 7) is 3.87. The van der Waals surface area contributed by atoms with Gasteiger partial charge in [-0.15, -0.1) is 0 Å². The summed E-state index contributed by atoms with van der Waals surface area (Å²) in [6.07, 6.45) is 0. The van der Waals surface area contributed by atoms with Crippen molar-refractivity contribution in [2.45, 2.75) is 6.92 Å². The molecule has 3 N–H and O–H groups in total. The van der Waals surface area contributed by atoms with Crippen molar-refractivity contribution in [3.05, 3.63) is 0 Å². The van der Waals surface area contributed by atoms with Gasteiger partial charge in [0.05, 0.1) is 0 Å². The third-order valence-corrected chi connectivity index (χ3v) is 0.905. The maximum atomic E-state index is 10.2. The Morgan fingerprint density at radius 1 is 1.31 bits per heavy atom. The molecular formula is C6H17N2Na3O2. The zero-order valence-corrected chi connectivity index (χ0v) is 6.22. The monoisotopic (exact) mass is 218 g/mol. The minimum atomic E-state index is -0.241. The summed E-state index contributed by atoms with van der Waals surface area (Å²) in [5.41, 5.74) is 5.20. The van der Waals surface area contributed by atoms with Gasteiger partial charge in [0.25, 0.3) is 0 Å². The fourth-order valence-electron chi connectivity index (χ4n) is 0.494. The van der Waals surface area contributed by atoms with Crippen LogP contribution in [0.4, 0.5) is 0 Å². The Bertz CT molecular complexity index is 106. The fraction of sp³-hybridized carbons (Fsp3) is 0.833. The summed E-state index contributed by atoms with van der Waals surface area (Å²) in [5, 5.41) is 2.99. The quantitative estimate of drug-likeness (QED) is 0.296. The molecule has 13 heavy (non-hydrogen) atoms. The summed E-state index contributed by atoms with van der Waals surface area (Å²) in [4.78, 5) is 10.2. The van der Waals surface area contributed by atoms with Crippen LogP contribution >= 0.6 is 0 Å². The molecule has 0 heterocycles. The summed E-state index contributed by atoms with van der Waals surface area (Å²) < 4.78 is 4.65. The number of esters is 1. The van der Waals surface area contributed by atoms with Crippen LogP contribution in [-0.4, -0.2) is 121 Å². The molecule has 0 atom stereocenters. The van der Waals surface area contributed by atoms with Gasteiger partial charge in [0.15, 0.2) is 0 Å². The zero-order valence-electron chi connectivity index (χ0n) is 6.22. The van der Waals surface area contributed by atoms with E-state index in [1.165, 1.54) is 6.92 Å². The molecule has 0 aromatic carbocycles. The second-order valence-corrected chi connectivity index (χ2v) is 1.88. The van der Waals surface area contributed by atoms with Gasteiger partial charge in [0, 0.05) is 26.6 Å². The van der Waals surface area contributed by atoms with E-state index in [9.17, 15) is 4.79 Å². The number of hydrogen-bond acceptors (Lipinski definition) is 4. The number of ether oxygens (including phenoxy) is 1. The van der Waals surface area contributed by atoms with Crippen molar-refractivity contribution >= 4 is 94.6 Å². The topological polar surface area (TPSA) is 64.3 Å². The zero-order chi connectivity index (χ0) is 7.82. The summed E-state index contributed by atoms with van der Waals surface area (Å²) >= 11 is 0. The predicted molar refractivity (Wildman–Crippen MR) is 60.0 cm³/mol. The average Bonchev–Trinajstić information content (AvgIpc) is 1.87. The van der Waals surface area contributed by atoms with Crippen LogP contribution in [0.25, 0.3) is 0 Å². The summed E-state index contributed by atoms with van der Waals surface area (Å²) in [6, 6.07) is 0. The van der Waals surface area contributed by atoms with E-state index < -0.39 is 0 Å². The van der Waals surface area contributed by atoms with Gasteiger partial charge >= 0.3 is 94.6 Å². The first-order valence-electron chi connectivity index (χ1n) is 3.31. The van der Waals surface area contributed by atoms with E-state index in [0.29, 0.717) is 19.7 Å². The van der Waals surface area contributed by atoms with Crippen LogP contribution in [0.15, 0.2) is 0 Å². The van der Waals surface area contributed by atoms with Gasteiger partial charge in [-0.2, -0.15) is 0 Å². The van der Waals surface area contributed by atoms with E-state index in [2.05, 4.69) is 10.1 Å². The van der Waals surface area contributed by atoms with Gasteiger partial charge in [0.1, 0.15) is 6.61 Å². The first-order chi connectivity index (χ1) is 4.77. The second kappa shape index (κ2) is 19.9. The van der Waals surface area contributed by atoms with Gasteiger partial charge in [-0.1, -0.05) is 0 Å². The van der Waals surface area contributed by atoms with Crippen LogP contribution < -0.4 is 11.1 Å². The van der Waals surface area contributed by atoms with Crippen LogP contribution in [0.5, 0.6) is 0 Å². The Morgan fingerprint density at radius 2 is 1.85 bits per heavy atom. The van der Waals surface area contributed by atoms with Crippen molar-refractivity contribution in [2.24, 2.45) is 5.73 Å². The number of hydrogen-bond donors (Lipinski definition) is 2. The summed E-state index contributed by atoms with van der Waals surface area (Å²) in [7, 11) is 0. The van der Waals surface area contributed by atoms with E-state index >= 15 is 0 Å².